The third-order valence-corrected chi connectivity index (χ3v) is 5.21. The predicted octanol–water partition coefficient (Wildman–Crippen LogP) is 2.88. The molecule has 0 saturated heterocycles. The van der Waals surface area contributed by atoms with Gasteiger partial charge in [0.2, 0.25) is 0 Å². The summed E-state index contributed by atoms with van der Waals surface area (Å²) < 4.78 is 5.54. The van der Waals surface area contributed by atoms with Crippen molar-refractivity contribution in [2.24, 2.45) is 5.92 Å². The van der Waals surface area contributed by atoms with Crippen molar-refractivity contribution >= 4 is 22.8 Å². The van der Waals surface area contributed by atoms with Crippen molar-refractivity contribution in [2.45, 2.75) is 51.2 Å². The number of benzene rings is 1. The van der Waals surface area contributed by atoms with Gasteiger partial charge in [0.1, 0.15) is 12.1 Å². The molecule has 2 aromatic rings. The number of hydrogen-bond acceptors (Lipinski definition) is 4. The fourth-order valence-electron chi connectivity index (χ4n) is 3.64. The number of carboxylic acids is 1. The first-order valence-corrected chi connectivity index (χ1v) is 9.25. The van der Waals surface area contributed by atoms with Gasteiger partial charge in [-0.2, -0.15) is 0 Å². The molecule has 1 aliphatic rings. The van der Waals surface area contributed by atoms with E-state index >= 15 is 0 Å². The topological polar surface area (TPSA) is 91.4 Å². The fraction of sp³-hybridized carbons (Fsp3) is 0.500. The lowest BCUT2D eigenvalue weighted by atomic mass is 9.88. The SMILES string of the molecule is CC1CCCC[C@H]1OC(=O)CNC(Cc1c[nH]c2ccccc12)C(=O)O. The molecule has 3 N–H and O–H groups in total. The number of hydrogen-bond donors (Lipinski definition) is 3. The van der Waals surface area contributed by atoms with Gasteiger partial charge in [0.15, 0.2) is 0 Å². The van der Waals surface area contributed by atoms with Crippen molar-refractivity contribution in [1.29, 1.82) is 0 Å². The molecule has 1 aromatic carbocycles. The summed E-state index contributed by atoms with van der Waals surface area (Å²) in [6.07, 6.45) is 6.30. The fourth-order valence-corrected chi connectivity index (χ4v) is 3.64. The van der Waals surface area contributed by atoms with Crippen LogP contribution in [0.1, 0.15) is 38.2 Å². The summed E-state index contributed by atoms with van der Waals surface area (Å²) >= 11 is 0. The van der Waals surface area contributed by atoms with Crippen molar-refractivity contribution in [2.75, 3.05) is 6.54 Å². The van der Waals surface area contributed by atoms with Gasteiger partial charge in [0.25, 0.3) is 0 Å². The maximum Gasteiger partial charge on any atom is 0.321 e. The molecule has 1 heterocycles. The van der Waals surface area contributed by atoms with Crippen LogP contribution in [0.2, 0.25) is 0 Å². The zero-order valence-electron chi connectivity index (χ0n) is 15.0. The maximum absolute atomic E-state index is 12.1. The summed E-state index contributed by atoms with van der Waals surface area (Å²) in [5, 5.41) is 13.3. The Bertz CT molecular complexity index is 770. The highest BCUT2D eigenvalue weighted by Crippen LogP contribution is 2.26. The first-order valence-electron chi connectivity index (χ1n) is 9.25. The molecule has 0 radical (unpaired) electrons. The van der Waals surface area contributed by atoms with E-state index in [9.17, 15) is 14.7 Å². The summed E-state index contributed by atoms with van der Waals surface area (Å²) in [5.41, 5.74) is 1.88. The number of ether oxygens (including phenoxy) is 1. The number of H-pyrrole nitrogens is 1. The lowest BCUT2D eigenvalue weighted by Gasteiger charge is -2.28. The van der Waals surface area contributed by atoms with Crippen LogP contribution in [-0.4, -0.2) is 40.7 Å². The molecule has 6 heteroatoms. The van der Waals surface area contributed by atoms with Crippen molar-refractivity contribution in [1.82, 2.24) is 10.3 Å². The normalized spacial score (nSPS) is 21.4. The smallest absolute Gasteiger partial charge is 0.321 e. The number of aromatic nitrogens is 1. The number of esters is 1. The highest BCUT2D eigenvalue weighted by Gasteiger charge is 2.26. The summed E-state index contributed by atoms with van der Waals surface area (Å²) in [4.78, 5) is 26.9. The van der Waals surface area contributed by atoms with Crippen LogP contribution >= 0.6 is 0 Å². The van der Waals surface area contributed by atoms with Crippen LogP contribution in [0, 0.1) is 5.92 Å². The summed E-state index contributed by atoms with van der Waals surface area (Å²) in [6.45, 7) is 2.00. The Labute approximate surface area is 152 Å². The van der Waals surface area contributed by atoms with Crippen LogP contribution in [0.4, 0.5) is 0 Å². The van der Waals surface area contributed by atoms with Crippen molar-refractivity contribution in [3.05, 3.63) is 36.0 Å². The molecule has 0 amide bonds. The number of rotatable bonds is 7. The monoisotopic (exact) mass is 358 g/mol. The maximum atomic E-state index is 12.1. The Balaban J connectivity index is 1.57. The number of aliphatic carboxylic acids is 1. The average Bonchev–Trinajstić information content (AvgIpc) is 3.03. The van der Waals surface area contributed by atoms with Gasteiger partial charge in [0.05, 0.1) is 6.54 Å². The lowest BCUT2D eigenvalue weighted by Crippen LogP contribution is -2.42. The molecular formula is C20H26N2O4. The molecular weight excluding hydrogens is 332 g/mol. The van der Waals surface area contributed by atoms with Gasteiger partial charge in [-0.05, 0) is 36.8 Å². The second kappa shape index (κ2) is 8.36. The Morgan fingerprint density at radius 2 is 2.08 bits per heavy atom. The van der Waals surface area contributed by atoms with Gasteiger partial charge in [-0.25, -0.2) is 0 Å². The first kappa shape index (κ1) is 18.5. The molecule has 1 aliphatic carbocycles. The van der Waals surface area contributed by atoms with E-state index < -0.39 is 12.0 Å². The van der Waals surface area contributed by atoms with Gasteiger partial charge < -0.3 is 14.8 Å². The molecule has 0 bridgehead atoms. The summed E-state index contributed by atoms with van der Waals surface area (Å²) in [7, 11) is 0. The molecule has 0 aliphatic heterocycles. The van der Waals surface area contributed by atoms with Gasteiger partial charge in [-0.15, -0.1) is 0 Å². The van der Waals surface area contributed by atoms with Crippen LogP contribution in [0.5, 0.6) is 0 Å². The quantitative estimate of drug-likeness (QED) is 0.662. The number of aromatic amines is 1. The Morgan fingerprint density at radius 1 is 1.31 bits per heavy atom. The molecule has 3 rings (SSSR count). The minimum atomic E-state index is -0.978. The van der Waals surface area contributed by atoms with Crippen molar-refractivity contribution < 1.29 is 19.4 Å². The van der Waals surface area contributed by atoms with Gasteiger partial charge in [-0.1, -0.05) is 31.5 Å². The molecule has 140 valence electrons. The minimum absolute atomic E-state index is 0.0463. The van der Waals surface area contributed by atoms with E-state index in [1.165, 1.54) is 6.42 Å². The first-order chi connectivity index (χ1) is 12.5. The van der Waals surface area contributed by atoms with Gasteiger partial charge in [0, 0.05) is 23.5 Å². The second-order valence-corrected chi connectivity index (χ2v) is 7.13. The number of carbonyl (C=O) groups excluding carboxylic acids is 1. The third kappa shape index (κ3) is 4.43. The van der Waals surface area contributed by atoms with E-state index in [0.717, 1.165) is 35.7 Å². The van der Waals surface area contributed by atoms with E-state index in [-0.39, 0.29) is 18.6 Å². The molecule has 6 nitrogen and oxygen atoms in total. The molecule has 3 atom stereocenters. The van der Waals surface area contributed by atoms with Crippen molar-refractivity contribution in [3.8, 4) is 0 Å². The molecule has 1 fully saturated rings. The second-order valence-electron chi connectivity index (χ2n) is 7.13. The van der Waals surface area contributed by atoms with Gasteiger partial charge in [-0.3, -0.25) is 14.9 Å². The van der Waals surface area contributed by atoms with Crippen LogP contribution in [0.3, 0.4) is 0 Å². The number of carbonyl (C=O) groups is 2. The Morgan fingerprint density at radius 3 is 2.85 bits per heavy atom. The molecule has 1 saturated carbocycles. The van der Waals surface area contributed by atoms with Crippen molar-refractivity contribution in [3.63, 3.8) is 0 Å². The average molecular weight is 358 g/mol. The summed E-state index contributed by atoms with van der Waals surface area (Å²) in [6, 6.07) is 6.91. The van der Waals surface area contributed by atoms with E-state index in [1.807, 2.05) is 30.5 Å². The van der Waals surface area contributed by atoms with Crippen LogP contribution in [-0.2, 0) is 20.7 Å². The van der Waals surface area contributed by atoms with Crippen LogP contribution in [0.25, 0.3) is 10.9 Å². The molecule has 0 spiro atoms. The third-order valence-electron chi connectivity index (χ3n) is 5.21. The molecule has 26 heavy (non-hydrogen) atoms. The highest BCUT2D eigenvalue weighted by atomic mass is 16.5. The molecule has 2 unspecified atom stereocenters. The Hall–Kier alpha value is -2.34. The molecule has 1 aromatic heterocycles. The Kier molecular flexibility index (Phi) is 5.93. The largest absolute Gasteiger partial charge is 0.480 e. The summed E-state index contributed by atoms with van der Waals surface area (Å²) in [5.74, 6) is -0.989. The van der Waals surface area contributed by atoms with Crippen LogP contribution < -0.4 is 5.32 Å². The van der Waals surface area contributed by atoms with E-state index in [2.05, 4.69) is 17.2 Å². The lowest BCUT2D eigenvalue weighted by molar-refractivity contribution is -0.152. The minimum Gasteiger partial charge on any atom is -0.480 e. The standard InChI is InChI=1S/C20H26N2O4/c1-13-6-2-5-9-18(13)26-19(23)12-22-17(20(24)25)10-14-11-21-16-8-4-3-7-15(14)16/h3-4,7-8,11,13,17-18,21-22H,2,5-6,9-10,12H2,1H3,(H,24,25)/t13?,17?,18-/m1/s1. The van der Waals surface area contributed by atoms with Crippen LogP contribution in [0.15, 0.2) is 30.5 Å². The number of fused-ring (bicyclic) bond motifs is 1. The zero-order valence-corrected chi connectivity index (χ0v) is 15.0. The van der Waals surface area contributed by atoms with E-state index in [4.69, 9.17) is 4.74 Å². The highest BCUT2D eigenvalue weighted by molar-refractivity contribution is 5.84. The van der Waals surface area contributed by atoms with E-state index in [0.29, 0.717) is 12.3 Å². The zero-order chi connectivity index (χ0) is 18.5. The predicted molar refractivity (Wildman–Crippen MR) is 98.9 cm³/mol. The van der Waals surface area contributed by atoms with Gasteiger partial charge >= 0.3 is 11.9 Å². The van der Waals surface area contributed by atoms with E-state index in [1.54, 1.807) is 0 Å². The number of carboxylic acid groups (broad SMARTS) is 1. The number of para-hydroxylation sites is 1. The number of nitrogens with one attached hydrogen (secondary N) is 2.